The van der Waals surface area contributed by atoms with Crippen LogP contribution in [0.4, 0.5) is 0 Å². The normalized spacial score (nSPS) is 11.9. The van der Waals surface area contributed by atoms with Crippen molar-refractivity contribution < 1.29 is 13.2 Å². The minimum atomic E-state index is -3.14. The van der Waals surface area contributed by atoms with Gasteiger partial charge in [0.15, 0.2) is 5.96 Å². The van der Waals surface area contributed by atoms with Gasteiger partial charge in [0, 0.05) is 32.7 Å². The van der Waals surface area contributed by atoms with Crippen LogP contribution in [0, 0.1) is 6.92 Å². The molecule has 1 rings (SSSR count). The molecule has 7 nitrogen and oxygen atoms in total. The molecular weight excluding hydrogens is 491 g/mol. The van der Waals surface area contributed by atoms with E-state index < -0.39 is 10.0 Å². The first-order valence-electron chi connectivity index (χ1n) is 9.42. The second-order valence-corrected chi connectivity index (χ2v) is 8.33. The molecule has 0 aliphatic rings. The number of ether oxygens (including phenoxy) is 1. The topological polar surface area (TPSA) is 83.0 Å². The molecule has 0 heterocycles. The van der Waals surface area contributed by atoms with Gasteiger partial charge in [0.05, 0.1) is 13.4 Å². The summed E-state index contributed by atoms with van der Waals surface area (Å²) in [5.41, 5.74) is 2.33. The van der Waals surface area contributed by atoms with Crippen molar-refractivity contribution in [3.63, 3.8) is 0 Å². The molecule has 9 heteroatoms. The number of hydrogen-bond donors (Lipinski definition) is 2. The standard InChI is InChI=1S/C19H34N4O3S.HI/c1-6-20-19(21-12-8-14-23(7-2)27(5,24)25)22-13-11-17-10-9-16(3)18(15-17)26-4;/h9-10,15H,6-8,11-14H2,1-5H3,(H2,20,21,22);1H. The van der Waals surface area contributed by atoms with Crippen LogP contribution in [-0.4, -0.2) is 64.8 Å². The van der Waals surface area contributed by atoms with Crippen molar-refractivity contribution in [2.24, 2.45) is 4.99 Å². The Kier molecular flexibility index (Phi) is 13.5. The summed E-state index contributed by atoms with van der Waals surface area (Å²) in [6, 6.07) is 6.23. The molecule has 0 aromatic heterocycles. The lowest BCUT2D eigenvalue weighted by Gasteiger charge is -2.17. The van der Waals surface area contributed by atoms with E-state index in [-0.39, 0.29) is 24.0 Å². The molecule has 0 atom stereocenters. The first-order valence-corrected chi connectivity index (χ1v) is 11.3. The zero-order chi connectivity index (χ0) is 20.3. The Balaban J connectivity index is 0.00000729. The summed E-state index contributed by atoms with van der Waals surface area (Å²) in [4.78, 5) is 4.53. The highest BCUT2D eigenvalue weighted by Crippen LogP contribution is 2.18. The number of rotatable bonds is 11. The zero-order valence-electron chi connectivity index (χ0n) is 17.6. The Morgan fingerprint density at radius 2 is 1.96 bits per heavy atom. The first kappa shape index (κ1) is 26.9. The average molecular weight is 526 g/mol. The van der Waals surface area contributed by atoms with Crippen molar-refractivity contribution in [2.45, 2.75) is 33.6 Å². The van der Waals surface area contributed by atoms with Crippen molar-refractivity contribution in [2.75, 3.05) is 46.1 Å². The molecule has 0 bridgehead atoms. The highest BCUT2D eigenvalue weighted by atomic mass is 127. The van der Waals surface area contributed by atoms with Crippen LogP contribution in [0.25, 0.3) is 0 Å². The molecule has 2 N–H and O–H groups in total. The molecule has 0 aliphatic carbocycles. The number of halogens is 1. The molecule has 162 valence electrons. The lowest BCUT2D eigenvalue weighted by atomic mass is 10.1. The van der Waals surface area contributed by atoms with Gasteiger partial charge < -0.3 is 15.4 Å². The fourth-order valence-corrected chi connectivity index (χ4v) is 3.61. The largest absolute Gasteiger partial charge is 0.496 e. The molecule has 0 fully saturated rings. The van der Waals surface area contributed by atoms with Crippen LogP contribution in [0.1, 0.15) is 31.4 Å². The Morgan fingerprint density at radius 3 is 2.54 bits per heavy atom. The van der Waals surface area contributed by atoms with E-state index in [0.717, 1.165) is 36.8 Å². The molecule has 1 aromatic carbocycles. The Bertz CT molecular complexity index is 711. The summed E-state index contributed by atoms with van der Waals surface area (Å²) in [5, 5.41) is 6.54. The summed E-state index contributed by atoms with van der Waals surface area (Å²) < 4.78 is 30.0. The van der Waals surface area contributed by atoms with Crippen LogP contribution >= 0.6 is 24.0 Å². The van der Waals surface area contributed by atoms with E-state index in [0.29, 0.717) is 26.1 Å². The van der Waals surface area contributed by atoms with Gasteiger partial charge in [0.2, 0.25) is 10.0 Å². The van der Waals surface area contributed by atoms with Crippen LogP contribution in [-0.2, 0) is 16.4 Å². The van der Waals surface area contributed by atoms with E-state index in [9.17, 15) is 8.42 Å². The van der Waals surface area contributed by atoms with Gasteiger partial charge in [-0.1, -0.05) is 19.1 Å². The molecule has 28 heavy (non-hydrogen) atoms. The smallest absolute Gasteiger partial charge is 0.211 e. The molecular formula is C19H35IN4O3S. The Labute approximate surface area is 187 Å². The summed E-state index contributed by atoms with van der Waals surface area (Å²) in [6.07, 6.45) is 2.79. The Hall–Kier alpha value is -1.07. The van der Waals surface area contributed by atoms with Gasteiger partial charge in [0.1, 0.15) is 5.75 Å². The predicted octanol–water partition coefficient (Wildman–Crippen LogP) is 2.39. The summed E-state index contributed by atoms with van der Waals surface area (Å²) in [7, 11) is -1.45. The number of nitrogens with one attached hydrogen (secondary N) is 2. The van der Waals surface area contributed by atoms with Gasteiger partial charge in [-0.25, -0.2) is 12.7 Å². The van der Waals surface area contributed by atoms with Crippen LogP contribution in [0.3, 0.4) is 0 Å². The van der Waals surface area contributed by atoms with Gasteiger partial charge >= 0.3 is 0 Å². The van der Waals surface area contributed by atoms with Crippen LogP contribution in [0.5, 0.6) is 5.75 Å². The summed E-state index contributed by atoms with van der Waals surface area (Å²) >= 11 is 0. The van der Waals surface area contributed by atoms with E-state index in [1.54, 1.807) is 7.11 Å². The maximum absolute atomic E-state index is 11.6. The quantitative estimate of drug-likeness (QED) is 0.200. The molecule has 0 unspecified atom stereocenters. The van der Waals surface area contributed by atoms with Crippen LogP contribution < -0.4 is 15.4 Å². The monoisotopic (exact) mass is 526 g/mol. The zero-order valence-corrected chi connectivity index (χ0v) is 20.8. The predicted molar refractivity (Wildman–Crippen MR) is 128 cm³/mol. The van der Waals surface area contributed by atoms with Crippen molar-refractivity contribution in [1.82, 2.24) is 14.9 Å². The molecule has 0 radical (unpaired) electrons. The highest BCUT2D eigenvalue weighted by Gasteiger charge is 2.13. The maximum Gasteiger partial charge on any atom is 0.211 e. The van der Waals surface area contributed by atoms with Crippen molar-refractivity contribution >= 4 is 40.0 Å². The van der Waals surface area contributed by atoms with Crippen LogP contribution in [0.15, 0.2) is 23.2 Å². The van der Waals surface area contributed by atoms with E-state index in [2.05, 4.69) is 33.8 Å². The number of guanidine groups is 1. The first-order chi connectivity index (χ1) is 12.8. The number of benzene rings is 1. The molecule has 0 saturated heterocycles. The number of nitrogens with zero attached hydrogens (tertiary/aromatic N) is 2. The van der Waals surface area contributed by atoms with Gasteiger partial charge in [0.25, 0.3) is 0 Å². The fraction of sp³-hybridized carbons (Fsp3) is 0.632. The molecule has 0 amide bonds. The van der Waals surface area contributed by atoms with Gasteiger partial charge in [-0.05, 0) is 43.9 Å². The number of methoxy groups -OCH3 is 1. The van der Waals surface area contributed by atoms with E-state index in [4.69, 9.17) is 4.74 Å². The van der Waals surface area contributed by atoms with Crippen molar-refractivity contribution in [1.29, 1.82) is 0 Å². The van der Waals surface area contributed by atoms with Crippen LogP contribution in [0.2, 0.25) is 0 Å². The maximum atomic E-state index is 11.6. The lowest BCUT2D eigenvalue weighted by Crippen LogP contribution is -2.38. The Morgan fingerprint density at radius 1 is 1.25 bits per heavy atom. The summed E-state index contributed by atoms with van der Waals surface area (Å²) in [6.45, 7) is 8.96. The highest BCUT2D eigenvalue weighted by molar-refractivity contribution is 14.0. The number of sulfonamides is 1. The minimum Gasteiger partial charge on any atom is -0.496 e. The van der Waals surface area contributed by atoms with Crippen molar-refractivity contribution in [3.8, 4) is 5.75 Å². The lowest BCUT2D eigenvalue weighted by molar-refractivity contribution is 0.411. The molecule has 0 spiro atoms. The fourth-order valence-electron chi connectivity index (χ4n) is 2.68. The van der Waals surface area contributed by atoms with E-state index in [1.165, 1.54) is 16.1 Å². The number of hydrogen-bond acceptors (Lipinski definition) is 4. The third-order valence-corrected chi connectivity index (χ3v) is 5.56. The number of aliphatic imine (C=N–C) groups is 1. The van der Waals surface area contributed by atoms with Gasteiger partial charge in [-0.2, -0.15) is 0 Å². The van der Waals surface area contributed by atoms with E-state index >= 15 is 0 Å². The third kappa shape index (κ3) is 9.92. The van der Waals surface area contributed by atoms with Crippen molar-refractivity contribution in [3.05, 3.63) is 29.3 Å². The average Bonchev–Trinajstić information content (AvgIpc) is 2.61. The molecule has 0 saturated carbocycles. The summed E-state index contributed by atoms with van der Waals surface area (Å²) in [5.74, 6) is 1.65. The SMILES string of the molecule is CCNC(=NCCCN(CC)S(C)(=O)=O)NCCc1ccc(C)c(OC)c1.I. The second-order valence-electron chi connectivity index (χ2n) is 6.35. The number of aryl methyl sites for hydroxylation is 1. The molecule has 1 aromatic rings. The van der Waals surface area contributed by atoms with Gasteiger partial charge in [-0.3, -0.25) is 4.99 Å². The third-order valence-electron chi connectivity index (χ3n) is 4.18. The molecule has 0 aliphatic heterocycles. The van der Waals surface area contributed by atoms with E-state index in [1.807, 2.05) is 20.8 Å². The van der Waals surface area contributed by atoms with Gasteiger partial charge in [-0.15, -0.1) is 24.0 Å². The minimum absolute atomic E-state index is 0. The second kappa shape index (κ2) is 14.0.